The van der Waals surface area contributed by atoms with Crippen molar-refractivity contribution in [2.24, 2.45) is 5.73 Å². The van der Waals surface area contributed by atoms with E-state index in [9.17, 15) is 0 Å². The first-order valence-corrected chi connectivity index (χ1v) is 7.66. The lowest BCUT2D eigenvalue weighted by Crippen LogP contribution is -2.12. The largest absolute Gasteiger partial charge is 0.378 e. The zero-order chi connectivity index (χ0) is 15.0. The van der Waals surface area contributed by atoms with Gasteiger partial charge in [-0.1, -0.05) is 57.2 Å². The highest BCUT2D eigenvalue weighted by molar-refractivity contribution is 5.50. The van der Waals surface area contributed by atoms with Crippen LogP contribution in [-0.4, -0.2) is 0 Å². The third-order valence-electron chi connectivity index (χ3n) is 4.35. The van der Waals surface area contributed by atoms with Gasteiger partial charge in [-0.05, 0) is 40.7 Å². The van der Waals surface area contributed by atoms with Gasteiger partial charge in [-0.2, -0.15) is 0 Å². The zero-order valence-corrected chi connectivity index (χ0v) is 13.1. The van der Waals surface area contributed by atoms with Gasteiger partial charge in [-0.15, -0.1) is 0 Å². The summed E-state index contributed by atoms with van der Waals surface area (Å²) in [5, 5.41) is 3.63. The average molecular weight is 280 g/mol. The Hall–Kier alpha value is -1.80. The molecule has 1 aliphatic rings. The van der Waals surface area contributed by atoms with Crippen LogP contribution in [0.3, 0.4) is 0 Å². The predicted octanol–water partition coefficient (Wildman–Crippen LogP) is 4.54. The van der Waals surface area contributed by atoms with E-state index < -0.39 is 0 Å². The molecule has 21 heavy (non-hydrogen) atoms. The molecule has 0 amide bonds. The number of rotatable bonds is 2. The normalized spacial score (nSPS) is 21.1. The van der Waals surface area contributed by atoms with Gasteiger partial charge in [0.05, 0.1) is 6.04 Å². The Morgan fingerprint density at radius 3 is 2.19 bits per heavy atom. The van der Waals surface area contributed by atoms with Crippen LogP contribution in [-0.2, 0) is 5.41 Å². The lowest BCUT2D eigenvalue weighted by atomic mass is 9.87. The summed E-state index contributed by atoms with van der Waals surface area (Å²) in [4.78, 5) is 0. The van der Waals surface area contributed by atoms with Gasteiger partial charge in [0.1, 0.15) is 0 Å². The van der Waals surface area contributed by atoms with Crippen molar-refractivity contribution in [3.8, 4) is 0 Å². The van der Waals surface area contributed by atoms with E-state index in [1.807, 2.05) is 0 Å². The minimum absolute atomic E-state index is 0.146. The standard InChI is InChI=1S/C19H24N2/c1-19(2,3)13-8-10-14(11-9-13)21-18-12-17(20)15-6-4-5-7-16(15)18/h4-11,17-18,21H,12,20H2,1-3H3. The van der Waals surface area contributed by atoms with E-state index in [2.05, 4.69) is 74.6 Å². The van der Waals surface area contributed by atoms with Crippen LogP contribution in [0.2, 0.25) is 0 Å². The molecule has 110 valence electrons. The highest BCUT2D eigenvalue weighted by Gasteiger charge is 2.28. The van der Waals surface area contributed by atoms with Crippen LogP contribution in [0.1, 0.15) is 56.0 Å². The summed E-state index contributed by atoms with van der Waals surface area (Å²) in [5.41, 5.74) is 11.6. The second-order valence-corrected chi connectivity index (χ2v) is 7.00. The first-order valence-electron chi connectivity index (χ1n) is 7.66. The summed E-state index contributed by atoms with van der Waals surface area (Å²) in [7, 11) is 0. The molecule has 3 rings (SSSR count). The molecule has 0 spiro atoms. The van der Waals surface area contributed by atoms with E-state index in [0.29, 0.717) is 6.04 Å². The molecule has 2 aromatic carbocycles. The molecular formula is C19H24N2. The third kappa shape index (κ3) is 2.81. The maximum absolute atomic E-state index is 6.23. The number of anilines is 1. The van der Waals surface area contributed by atoms with Gasteiger partial charge in [-0.3, -0.25) is 0 Å². The number of nitrogens with one attached hydrogen (secondary N) is 1. The highest BCUT2D eigenvalue weighted by Crippen LogP contribution is 2.39. The molecular weight excluding hydrogens is 256 g/mol. The van der Waals surface area contributed by atoms with E-state index in [4.69, 9.17) is 5.73 Å². The molecule has 2 heteroatoms. The van der Waals surface area contributed by atoms with Gasteiger partial charge in [0.15, 0.2) is 0 Å². The van der Waals surface area contributed by atoms with Crippen molar-refractivity contribution in [3.63, 3.8) is 0 Å². The topological polar surface area (TPSA) is 38.0 Å². The minimum Gasteiger partial charge on any atom is -0.378 e. The summed E-state index contributed by atoms with van der Waals surface area (Å²) in [5.74, 6) is 0. The lowest BCUT2D eigenvalue weighted by molar-refractivity contribution is 0.590. The van der Waals surface area contributed by atoms with E-state index in [0.717, 1.165) is 12.1 Å². The molecule has 0 saturated carbocycles. The average Bonchev–Trinajstić information content (AvgIpc) is 2.76. The summed E-state index contributed by atoms with van der Waals surface area (Å²) in [6.45, 7) is 6.71. The molecule has 0 heterocycles. The summed E-state index contributed by atoms with van der Waals surface area (Å²) >= 11 is 0. The van der Waals surface area contributed by atoms with Crippen LogP contribution < -0.4 is 11.1 Å². The SMILES string of the molecule is CC(C)(C)c1ccc(NC2CC(N)c3ccccc32)cc1. The Kier molecular flexibility index (Phi) is 3.50. The molecule has 2 nitrogen and oxygen atoms in total. The second kappa shape index (κ2) is 5.19. The maximum atomic E-state index is 6.23. The second-order valence-electron chi connectivity index (χ2n) is 7.00. The molecule has 1 aliphatic carbocycles. The summed E-state index contributed by atoms with van der Waals surface area (Å²) in [6.07, 6.45) is 0.959. The molecule has 0 aliphatic heterocycles. The fourth-order valence-electron chi connectivity index (χ4n) is 3.08. The number of hydrogen-bond acceptors (Lipinski definition) is 2. The Bertz CT molecular complexity index is 623. The van der Waals surface area contributed by atoms with Gasteiger partial charge in [-0.25, -0.2) is 0 Å². The minimum atomic E-state index is 0.146. The Labute approximate surface area is 127 Å². The van der Waals surface area contributed by atoms with Crippen LogP contribution in [0.25, 0.3) is 0 Å². The molecule has 0 saturated heterocycles. The fraction of sp³-hybridized carbons (Fsp3) is 0.368. The predicted molar refractivity (Wildman–Crippen MR) is 89.5 cm³/mol. The van der Waals surface area contributed by atoms with Crippen molar-refractivity contribution in [1.82, 2.24) is 0 Å². The summed E-state index contributed by atoms with van der Waals surface area (Å²) < 4.78 is 0. The van der Waals surface area contributed by atoms with Crippen molar-refractivity contribution in [2.75, 3.05) is 5.32 Å². The molecule has 0 aromatic heterocycles. The number of nitrogens with two attached hydrogens (primary N) is 1. The van der Waals surface area contributed by atoms with E-state index in [-0.39, 0.29) is 11.5 Å². The van der Waals surface area contributed by atoms with Gasteiger partial charge in [0, 0.05) is 11.7 Å². The Morgan fingerprint density at radius 1 is 0.952 bits per heavy atom. The van der Waals surface area contributed by atoms with Gasteiger partial charge >= 0.3 is 0 Å². The maximum Gasteiger partial charge on any atom is 0.0535 e. The van der Waals surface area contributed by atoms with E-state index in [1.54, 1.807) is 0 Å². The van der Waals surface area contributed by atoms with Crippen LogP contribution in [0.5, 0.6) is 0 Å². The van der Waals surface area contributed by atoms with Crippen molar-refractivity contribution in [3.05, 3.63) is 65.2 Å². The first-order chi connectivity index (χ1) is 9.95. The molecule has 3 N–H and O–H groups in total. The number of hydrogen-bond donors (Lipinski definition) is 2. The molecule has 2 aromatic rings. The lowest BCUT2D eigenvalue weighted by Gasteiger charge is -2.20. The fourth-order valence-corrected chi connectivity index (χ4v) is 3.08. The number of benzene rings is 2. The van der Waals surface area contributed by atoms with Crippen molar-refractivity contribution < 1.29 is 0 Å². The van der Waals surface area contributed by atoms with Crippen molar-refractivity contribution >= 4 is 5.69 Å². The van der Waals surface area contributed by atoms with Crippen LogP contribution in [0.15, 0.2) is 48.5 Å². The zero-order valence-electron chi connectivity index (χ0n) is 13.1. The first kappa shape index (κ1) is 14.2. The molecule has 0 bridgehead atoms. The highest BCUT2D eigenvalue weighted by atomic mass is 14.9. The molecule has 0 radical (unpaired) electrons. The van der Waals surface area contributed by atoms with Crippen LogP contribution in [0, 0.1) is 0 Å². The smallest absolute Gasteiger partial charge is 0.0535 e. The van der Waals surface area contributed by atoms with Crippen LogP contribution in [0.4, 0.5) is 5.69 Å². The molecule has 2 atom stereocenters. The number of fused-ring (bicyclic) bond motifs is 1. The van der Waals surface area contributed by atoms with Gasteiger partial charge < -0.3 is 11.1 Å². The quantitative estimate of drug-likeness (QED) is 0.847. The molecule has 0 fully saturated rings. The van der Waals surface area contributed by atoms with E-state index >= 15 is 0 Å². The van der Waals surface area contributed by atoms with Crippen LogP contribution >= 0.6 is 0 Å². The van der Waals surface area contributed by atoms with Crippen molar-refractivity contribution in [2.45, 2.75) is 44.7 Å². The summed E-state index contributed by atoms with van der Waals surface area (Å²) in [6, 6.07) is 17.7. The van der Waals surface area contributed by atoms with E-state index in [1.165, 1.54) is 16.7 Å². The van der Waals surface area contributed by atoms with Gasteiger partial charge in [0.2, 0.25) is 0 Å². The molecule has 2 unspecified atom stereocenters. The Balaban J connectivity index is 1.79. The Morgan fingerprint density at radius 2 is 1.57 bits per heavy atom. The van der Waals surface area contributed by atoms with Crippen molar-refractivity contribution in [1.29, 1.82) is 0 Å². The van der Waals surface area contributed by atoms with Gasteiger partial charge in [0.25, 0.3) is 0 Å². The monoisotopic (exact) mass is 280 g/mol. The third-order valence-corrected chi connectivity index (χ3v) is 4.35.